The maximum absolute atomic E-state index is 12.1. The van der Waals surface area contributed by atoms with Crippen molar-refractivity contribution in [3.8, 4) is 0 Å². The fourth-order valence-corrected chi connectivity index (χ4v) is 2.53. The van der Waals surface area contributed by atoms with E-state index in [1.807, 2.05) is 31.1 Å². The van der Waals surface area contributed by atoms with Crippen molar-refractivity contribution >= 4 is 33.6 Å². The number of carbonyl (C=O) groups excluding carboxylic acids is 2. The molecule has 1 aromatic carbocycles. The quantitative estimate of drug-likeness (QED) is 0.695. The van der Waals surface area contributed by atoms with Gasteiger partial charge in [-0.05, 0) is 36.8 Å². The van der Waals surface area contributed by atoms with Crippen LogP contribution < -0.4 is 15.5 Å². The highest BCUT2D eigenvalue weighted by Crippen LogP contribution is 2.11. The lowest BCUT2D eigenvalue weighted by atomic mass is 10.2. The summed E-state index contributed by atoms with van der Waals surface area (Å²) in [4.78, 5) is 30.1. The van der Waals surface area contributed by atoms with Crippen LogP contribution in [0.15, 0.2) is 47.1 Å². The third-order valence-corrected chi connectivity index (χ3v) is 3.97. The molecule has 6 nitrogen and oxygen atoms in total. The Labute approximate surface area is 155 Å². The number of halogens is 1. The molecule has 2 aromatic rings. The van der Waals surface area contributed by atoms with Crippen LogP contribution >= 0.6 is 15.9 Å². The van der Waals surface area contributed by atoms with Gasteiger partial charge < -0.3 is 15.5 Å². The summed E-state index contributed by atoms with van der Waals surface area (Å²) in [5.74, 6) is 0.454. The second-order valence-electron chi connectivity index (χ2n) is 5.67. The summed E-state index contributed by atoms with van der Waals surface area (Å²) in [6, 6.07) is 10.6. The van der Waals surface area contributed by atoms with E-state index in [2.05, 4.69) is 31.5 Å². The van der Waals surface area contributed by atoms with Crippen molar-refractivity contribution in [2.75, 3.05) is 32.1 Å². The van der Waals surface area contributed by atoms with Gasteiger partial charge >= 0.3 is 0 Å². The molecule has 25 heavy (non-hydrogen) atoms. The Bertz CT molecular complexity index is 749. The van der Waals surface area contributed by atoms with Gasteiger partial charge in [-0.25, -0.2) is 4.98 Å². The Kier molecular flexibility index (Phi) is 6.94. The number of hydrogen-bond donors (Lipinski definition) is 2. The van der Waals surface area contributed by atoms with Gasteiger partial charge in [0.2, 0.25) is 0 Å². The van der Waals surface area contributed by atoms with Gasteiger partial charge in [-0.3, -0.25) is 9.59 Å². The van der Waals surface area contributed by atoms with Crippen LogP contribution in [0.25, 0.3) is 0 Å². The van der Waals surface area contributed by atoms with Crippen LogP contribution in [0, 0.1) is 0 Å². The van der Waals surface area contributed by atoms with Crippen LogP contribution in [0.1, 0.15) is 27.1 Å². The molecule has 0 radical (unpaired) electrons. The second kappa shape index (κ2) is 9.17. The zero-order valence-electron chi connectivity index (χ0n) is 14.3. The number of pyridine rings is 1. The molecule has 0 aliphatic carbocycles. The van der Waals surface area contributed by atoms with Crippen molar-refractivity contribution in [1.29, 1.82) is 0 Å². The average Bonchev–Trinajstić information content (AvgIpc) is 2.61. The van der Waals surface area contributed by atoms with Crippen molar-refractivity contribution in [3.63, 3.8) is 0 Å². The van der Waals surface area contributed by atoms with Gasteiger partial charge in [-0.2, -0.15) is 0 Å². The van der Waals surface area contributed by atoms with Gasteiger partial charge in [0.1, 0.15) is 5.82 Å². The summed E-state index contributed by atoms with van der Waals surface area (Å²) in [6.45, 7) is 0.974. The van der Waals surface area contributed by atoms with Crippen molar-refractivity contribution in [3.05, 3.63) is 58.2 Å². The van der Waals surface area contributed by atoms with Crippen LogP contribution in [-0.4, -0.2) is 44.0 Å². The molecule has 0 fully saturated rings. The molecule has 132 valence electrons. The predicted octanol–water partition coefficient (Wildman–Crippen LogP) is 2.46. The van der Waals surface area contributed by atoms with E-state index in [1.54, 1.807) is 30.5 Å². The summed E-state index contributed by atoms with van der Waals surface area (Å²) in [7, 11) is 3.75. The fraction of sp³-hybridized carbons (Fsp3) is 0.278. The van der Waals surface area contributed by atoms with E-state index >= 15 is 0 Å². The van der Waals surface area contributed by atoms with Crippen molar-refractivity contribution in [2.24, 2.45) is 0 Å². The molecule has 7 heteroatoms. The molecule has 2 amide bonds. The fourth-order valence-electron chi connectivity index (χ4n) is 2.13. The molecule has 0 atom stereocenters. The number of rotatable bonds is 7. The maximum Gasteiger partial charge on any atom is 0.251 e. The van der Waals surface area contributed by atoms with Gasteiger partial charge in [0.05, 0.1) is 0 Å². The molecular weight excluding hydrogens is 384 g/mol. The number of aromatic nitrogens is 1. The van der Waals surface area contributed by atoms with E-state index in [0.29, 0.717) is 30.6 Å². The standard InChI is InChI=1S/C18H21BrN4O2/c1-23(2)16-12-14(7-10-20-16)18(25)22-9-4-8-21-17(24)13-5-3-6-15(19)11-13/h3,5-7,10-12H,4,8-9H2,1-2H3,(H,21,24)(H,22,25). The molecule has 0 saturated heterocycles. The molecule has 0 bridgehead atoms. The summed E-state index contributed by atoms with van der Waals surface area (Å²) < 4.78 is 0.863. The minimum atomic E-state index is -0.149. The SMILES string of the molecule is CN(C)c1cc(C(=O)NCCCNC(=O)c2cccc(Br)c2)ccn1. The molecule has 2 N–H and O–H groups in total. The second-order valence-corrected chi connectivity index (χ2v) is 6.59. The van der Waals surface area contributed by atoms with E-state index < -0.39 is 0 Å². The van der Waals surface area contributed by atoms with Gasteiger partial charge in [0.15, 0.2) is 0 Å². The van der Waals surface area contributed by atoms with Crippen molar-refractivity contribution in [2.45, 2.75) is 6.42 Å². The lowest BCUT2D eigenvalue weighted by Gasteiger charge is -2.12. The first-order valence-electron chi connectivity index (χ1n) is 7.92. The maximum atomic E-state index is 12.1. The number of hydrogen-bond acceptors (Lipinski definition) is 4. The number of carbonyl (C=O) groups is 2. The van der Waals surface area contributed by atoms with Gasteiger partial charge in [0, 0.05) is 49.0 Å². The smallest absolute Gasteiger partial charge is 0.251 e. The number of amides is 2. The number of nitrogens with zero attached hydrogens (tertiary/aromatic N) is 2. The van der Waals surface area contributed by atoms with E-state index in [1.165, 1.54) is 0 Å². The first-order valence-corrected chi connectivity index (χ1v) is 8.72. The van der Waals surface area contributed by atoms with Gasteiger partial charge in [-0.1, -0.05) is 22.0 Å². The first-order chi connectivity index (χ1) is 12.0. The molecule has 0 saturated carbocycles. The van der Waals surface area contributed by atoms with Gasteiger partial charge in [-0.15, -0.1) is 0 Å². The highest BCUT2D eigenvalue weighted by molar-refractivity contribution is 9.10. The van der Waals surface area contributed by atoms with Crippen molar-refractivity contribution < 1.29 is 9.59 Å². The van der Waals surface area contributed by atoms with Crippen LogP contribution in [0.2, 0.25) is 0 Å². The Morgan fingerprint density at radius 1 is 1.04 bits per heavy atom. The molecule has 1 aromatic heterocycles. The van der Waals surface area contributed by atoms with E-state index in [9.17, 15) is 9.59 Å². The topological polar surface area (TPSA) is 74.3 Å². The first kappa shape index (κ1) is 18.9. The zero-order valence-corrected chi connectivity index (χ0v) is 15.8. The molecule has 0 aliphatic rings. The Morgan fingerprint density at radius 3 is 2.28 bits per heavy atom. The Balaban J connectivity index is 1.73. The molecule has 1 heterocycles. The Morgan fingerprint density at radius 2 is 1.68 bits per heavy atom. The molecular formula is C18H21BrN4O2. The van der Waals surface area contributed by atoms with Gasteiger partial charge in [0.25, 0.3) is 11.8 Å². The molecule has 2 rings (SSSR count). The average molecular weight is 405 g/mol. The van der Waals surface area contributed by atoms with E-state index in [0.717, 1.165) is 10.3 Å². The molecule has 0 aliphatic heterocycles. The number of anilines is 1. The van der Waals surface area contributed by atoms with Crippen LogP contribution in [-0.2, 0) is 0 Å². The monoisotopic (exact) mass is 404 g/mol. The van der Waals surface area contributed by atoms with E-state index in [-0.39, 0.29) is 11.8 Å². The molecule has 0 unspecified atom stereocenters. The third-order valence-electron chi connectivity index (χ3n) is 3.48. The highest BCUT2D eigenvalue weighted by Gasteiger charge is 2.08. The van der Waals surface area contributed by atoms with Crippen LogP contribution in [0.3, 0.4) is 0 Å². The number of nitrogens with one attached hydrogen (secondary N) is 2. The van der Waals surface area contributed by atoms with Crippen molar-refractivity contribution in [1.82, 2.24) is 15.6 Å². The number of benzene rings is 1. The normalized spacial score (nSPS) is 10.2. The zero-order chi connectivity index (χ0) is 18.2. The summed E-state index contributed by atoms with van der Waals surface area (Å²) in [6.07, 6.45) is 2.26. The Hall–Kier alpha value is -2.41. The summed E-state index contributed by atoms with van der Waals surface area (Å²) in [5, 5.41) is 5.68. The lowest BCUT2D eigenvalue weighted by molar-refractivity contribution is 0.0951. The summed E-state index contributed by atoms with van der Waals surface area (Å²) >= 11 is 3.34. The lowest BCUT2D eigenvalue weighted by Crippen LogP contribution is -2.30. The van der Waals surface area contributed by atoms with Crippen LogP contribution in [0.4, 0.5) is 5.82 Å². The minimum absolute atomic E-state index is 0.127. The third kappa shape index (κ3) is 5.86. The largest absolute Gasteiger partial charge is 0.363 e. The molecule has 0 spiro atoms. The predicted molar refractivity (Wildman–Crippen MR) is 102 cm³/mol. The highest BCUT2D eigenvalue weighted by atomic mass is 79.9. The van der Waals surface area contributed by atoms with Crippen LogP contribution in [0.5, 0.6) is 0 Å². The van der Waals surface area contributed by atoms with E-state index in [4.69, 9.17) is 0 Å². The minimum Gasteiger partial charge on any atom is -0.363 e. The summed E-state index contributed by atoms with van der Waals surface area (Å²) in [5.41, 5.74) is 1.17.